The molecule has 1 aromatic heterocycles. The molecule has 5 nitrogen and oxygen atoms in total. The highest BCUT2D eigenvalue weighted by atomic mass is 32.2. The Bertz CT molecular complexity index is 1250. The fourth-order valence-corrected chi connectivity index (χ4v) is 4.42. The number of imidazole rings is 1. The molecule has 4 rings (SSSR count). The van der Waals surface area contributed by atoms with Gasteiger partial charge < -0.3 is 10.3 Å². The molecule has 1 heterocycles. The molecule has 0 saturated carbocycles. The van der Waals surface area contributed by atoms with Crippen LogP contribution in [-0.4, -0.2) is 18.0 Å². The number of rotatable bonds is 5. The van der Waals surface area contributed by atoms with Crippen molar-refractivity contribution in [2.45, 2.75) is 17.2 Å². The summed E-state index contributed by atoms with van der Waals surface area (Å²) in [5, 5.41) is 0. The van der Waals surface area contributed by atoms with Crippen molar-refractivity contribution in [3.63, 3.8) is 0 Å². The van der Waals surface area contributed by atoms with Crippen LogP contribution in [0.5, 0.6) is 0 Å². The molecular formula is C21H18FN3O2S. The van der Waals surface area contributed by atoms with Crippen LogP contribution in [0.4, 0.5) is 10.1 Å². The Balaban J connectivity index is 1.78. The molecule has 0 aliphatic carbocycles. The molecular weight excluding hydrogens is 377 g/mol. The summed E-state index contributed by atoms with van der Waals surface area (Å²) in [5.74, 6) is -0.269. The van der Waals surface area contributed by atoms with E-state index in [1.807, 2.05) is 24.3 Å². The fourth-order valence-electron chi connectivity index (χ4n) is 3.14. The molecule has 3 aromatic carbocycles. The molecule has 0 bridgehead atoms. The number of benzene rings is 3. The van der Waals surface area contributed by atoms with Gasteiger partial charge in [-0.3, -0.25) is 0 Å². The van der Waals surface area contributed by atoms with Crippen molar-refractivity contribution >= 4 is 26.6 Å². The van der Waals surface area contributed by atoms with Crippen LogP contribution in [0.1, 0.15) is 11.4 Å². The second-order valence-electron chi connectivity index (χ2n) is 6.52. The minimum absolute atomic E-state index is 0.172. The van der Waals surface area contributed by atoms with Gasteiger partial charge in [-0.1, -0.05) is 30.3 Å². The summed E-state index contributed by atoms with van der Waals surface area (Å²) in [6.45, 7) is 0.194. The number of hydrogen-bond acceptors (Lipinski definition) is 4. The molecule has 0 atom stereocenters. The van der Waals surface area contributed by atoms with Crippen molar-refractivity contribution in [1.29, 1.82) is 0 Å². The van der Waals surface area contributed by atoms with Crippen molar-refractivity contribution in [3.8, 4) is 0 Å². The number of fused-ring (bicyclic) bond motifs is 1. The summed E-state index contributed by atoms with van der Waals surface area (Å²) in [6, 6.07) is 19.9. The number of sulfone groups is 1. The molecule has 7 heteroatoms. The summed E-state index contributed by atoms with van der Waals surface area (Å²) >= 11 is 0. The Morgan fingerprint density at radius 2 is 1.61 bits per heavy atom. The fraction of sp³-hybridized carbons (Fsp3) is 0.0952. The molecule has 28 heavy (non-hydrogen) atoms. The monoisotopic (exact) mass is 395 g/mol. The molecule has 0 aliphatic rings. The highest BCUT2D eigenvalue weighted by Gasteiger charge is 2.21. The Hall–Kier alpha value is -3.19. The predicted octanol–water partition coefficient (Wildman–Crippen LogP) is 3.78. The van der Waals surface area contributed by atoms with Gasteiger partial charge >= 0.3 is 0 Å². The number of para-hydroxylation sites is 2. The third-order valence-electron chi connectivity index (χ3n) is 4.58. The summed E-state index contributed by atoms with van der Waals surface area (Å²) in [6.07, 6.45) is 0. The quantitative estimate of drug-likeness (QED) is 0.522. The Kier molecular flexibility index (Phi) is 4.60. The van der Waals surface area contributed by atoms with E-state index in [4.69, 9.17) is 5.73 Å². The highest BCUT2D eigenvalue weighted by Crippen LogP contribution is 2.23. The lowest BCUT2D eigenvalue weighted by atomic mass is 10.2. The van der Waals surface area contributed by atoms with Crippen LogP contribution in [0.2, 0.25) is 0 Å². The minimum atomic E-state index is -3.64. The highest BCUT2D eigenvalue weighted by molar-refractivity contribution is 7.90. The molecule has 0 amide bonds. The minimum Gasteiger partial charge on any atom is -0.399 e. The zero-order valence-corrected chi connectivity index (χ0v) is 15.7. The van der Waals surface area contributed by atoms with Crippen molar-refractivity contribution in [2.24, 2.45) is 0 Å². The van der Waals surface area contributed by atoms with E-state index in [0.29, 0.717) is 22.6 Å². The van der Waals surface area contributed by atoms with E-state index in [1.165, 1.54) is 18.2 Å². The lowest BCUT2D eigenvalue weighted by molar-refractivity contribution is 0.588. The van der Waals surface area contributed by atoms with Crippen LogP contribution in [0.15, 0.2) is 77.7 Å². The maximum Gasteiger partial charge on any atom is 0.185 e. The van der Waals surface area contributed by atoms with E-state index in [1.54, 1.807) is 34.9 Å². The molecule has 0 unspecified atom stereocenters. The lowest BCUT2D eigenvalue weighted by Crippen LogP contribution is -2.12. The average molecular weight is 395 g/mol. The Morgan fingerprint density at radius 3 is 2.36 bits per heavy atom. The van der Waals surface area contributed by atoms with E-state index in [9.17, 15) is 12.8 Å². The second-order valence-corrected chi connectivity index (χ2v) is 8.51. The first-order valence-corrected chi connectivity index (χ1v) is 10.3. The molecule has 0 spiro atoms. The number of aromatic nitrogens is 2. The maximum absolute atomic E-state index is 14.2. The zero-order valence-electron chi connectivity index (χ0n) is 14.9. The second kappa shape index (κ2) is 7.09. The smallest absolute Gasteiger partial charge is 0.185 e. The van der Waals surface area contributed by atoms with Gasteiger partial charge in [0.15, 0.2) is 9.84 Å². The zero-order chi connectivity index (χ0) is 19.7. The lowest BCUT2D eigenvalue weighted by Gasteiger charge is -2.11. The number of nitrogens with two attached hydrogens (primary N) is 1. The van der Waals surface area contributed by atoms with Crippen LogP contribution < -0.4 is 5.73 Å². The molecule has 0 radical (unpaired) electrons. The van der Waals surface area contributed by atoms with Gasteiger partial charge in [0.25, 0.3) is 0 Å². The molecule has 0 fully saturated rings. The molecule has 142 valence electrons. The Morgan fingerprint density at radius 1 is 0.929 bits per heavy atom. The SMILES string of the molecule is Nc1ccc(S(=O)(=O)Cc2nc3ccccc3n2Cc2ccccc2F)cc1. The van der Waals surface area contributed by atoms with Gasteiger partial charge in [-0.15, -0.1) is 0 Å². The molecule has 0 aliphatic heterocycles. The van der Waals surface area contributed by atoms with Gasteiger partial charge in [0.05, 0.1) is 22.5 Å². The van der Waals surface area contributed by atoms with E-state index in [0.717, 1.165) is 5.52 Å². The van der Waals surface area contributed by atoms with Crippen LogP contribution in [0.3, 0.4) is 0 Å². The van der Waals surface area contributed by atoms with Gasteiger partial charge in [-0.25, -0.2) is 17.8 Å². The largest absolute Gasteiger partial charge is 0.399 e. The first-order chi connectivity index (χ1) is 13.4. The third-order valence-corrected chi connectivity index (χ3v) is 6.21. The van der Waals surface area contributed by atoms with Crippen LogP contribution in [0, 0.1) is 5.82 Å². The number of halogens is 1. The van der Waals surface area contributed by atoms with Gasteiger partial charge in [-0.05, 0) is 42.5 Å². The van der Waals surface area contributed by atoms with E-state index in [2.05, 4.69) is 4.98 Å². The first-order valence-electron chi connectivity index (χ1n) is 8.70. The Labute approximate surface area is 162 Å². The first kappa shape index (κ1) is 18.2. The molecule has 2 N–H and O–H groups in total. The standard InChI is InChI=1S/C21H18FN3O2S/c22-18-6-2-1-5-15(18)13-25-20-8-4-3-7-19(20)24-21(25)14-28(26,27)17-11-9-16(23)10-12-17/h1-12H,13-14,23H2. The number of nitrogen functional groups attached to an aromatic ring is 1. The van der Waals surface area contributed by atoms with Crippen LogP contribution >= 0.6 is 0 Å². The van der Waals surface area contributed by atoms with Crippen LogP contribution in [0.25, 0.3) is 11.0 Å². The van der Waals surface area contributed by atoms with E-state index in [-0.39, 0.29) is 23.0 Å². The number of nitrogens with zero attached hydrogens (tertiary/aromatic N) is 2. The van der Waals surface area contributed by atoms with E-state index < -0.39 is 9.84 Å². The average Bonchev–Trinajstić information content (AvgIpc) is 3.00. The summed E-state index contributed by atoms with van der Waals surface area (Å²) in [7, 11) is -3.64. The number of anilines is 1. The van der Waals surface area contributed by atoms with Gasteiger partial charge in [0, 0.05) is 11.3 Å². The van der Waals surface area contributed by atoms with Crippen molar-refractivity contribution in [3.05, 3.63) is 90.0 Å². The van der Waals surface area contributed by atoms with E-state index >= 15 is 0 Å². The van der Waals surface area contributed by atoms with Crippen molar-refractivity contribution < 1.29 is 12.8 Å². The molecule has 0 saturated heterocycles. The summed E-state index contributed by atoms with van der Waals surface area (Å²) < 4.78 is 41.7. The van der Waals surface area contributed by atoms with Crippen molar-refractivity contribution in [1.82, 2.24) is 9.55 Å². The molecule has 4 aromatic rings. The van der Waals surface area contributed by atoms with Crippen molar-refractivity contribution in [2.75, 3.05) is 5.73 Å². The van der Waals surface area contributed by atoms with Gasteiger partial charge in [0.1, 0.15) is 17.4 Å². The normalized spacial score (nSPS) is 11.8. The maximum atomic E-state index is 14.2. The van der Waals surface area contributed by atoms with Crippen LogP contribution in [-0.2, 0) is 22.1 Å². The topological polar surface area (TPSA) is 78.0 Å². The van der Waals surface area contributed by atoms with Gasteiger partial charge in [-0.2, -0.15) is 0 Å². The third kappa shape index (κ3) is 3.48. The van der Waals surface area contributed by atoms with Gasteiger partial charge in [0.2, 0.25) is 0 Å². The predicted molar refractivity (Wildman–Crippen MR) is 107 cm³/mol. The summed E-state index contributed by atoms with van der Waals surface area (Å²) in [5.41, 5.74) is 8.04. The number of hydrogen-bond donors (Lipinski definition) is 1. The summed E-state index contributed by atoms with van der Waals surface area (Å²) in [4.78, 5) is 4.68.